The number of aromatic nitrogens is 1. The van der Waals surface area contributed by atoms with Crippen molar-refractivity contribution in [1.29, 1.82) is 0 Å². The molecule has 1 saturated carbocycles. The number of hydrogen-bond donors (Lipinski definition) is 2. The molecular formula is C17H20N2O2. The van der Waals surface area contributed by atoms with Crippen LogP contribution in [0.3, 0.4) is 0 Å². The van der Waals surface area contributed by atoms with Crippen LogP contribution in [0, 0.1) is 11.8 Å². The van der Waals surface area contributed by atoms with Crippen LogP contribution in [0.1, 0.15) is 18.5 Å². The Labute approximate surface area is 124 Å². The van der Waals surface area contributed by atoms with Gasteiger partial charge in [0.25, 0.3) is 0 Å². The fourth-order valence-corrected chi connectivity index (χ4v) is 3.99. The number of pyridine rings is 1. The van der Waals surface area contributed by atoms with Gasteiger partial charge in [0, 0.05) is 30.1 Å². The Hall–Kier alpha value is -1.65. The molecule has 2 fully saturated rings. The van der Waals surface area contributed by atoms with Gasteiger partial charge in [-0.05, 0) is 30.9 Å². The van der Waals surface area contributed by atoms with Gasteiger partial charge in [0.2, 0.25) is 0 Å². The molecule has 0 spiro atoms. The van der Waals surface area contributed by atoms with Gasteiger partial charge in [-0.15, -0.1) is 0 Å². The molecule has 1 saturated heterocycles. The van der Waals surface area contributed by atoms with Crippen molar-refractivity contribution in [2.24, 2.45) is 11.8 Å². The summed E-state index contributed by atoms with van der Waals surface area (Å²) in [5.41, 5.74) is 2.78. The lowest BCUT2D eigenvalue weighted by Crippen LogP contribution is -2.24. The average Bonchev–Trinajstić information content (AvgIpc) is 3.08. The fraction of sp³-hybridized carbons (Fsp3) is 0.471. The van der Waals surface area contributed by atoms with Gasteiger partial charge in [0.1, 0.15) is 0 Å². The van der Waals surface area contributed by atoms with Crippen LogP contribution in [0.2, 0.25) is 0 Å². The first kappa shape index (κ1) is 13.0. The minimum atomic E-state index is -0.148. The van der Waals surface area contributed by atoms with Crippen LogP contribution in [0.25, 0.3) is 10.9 Å². The van der Waals surface area contributed by atoms with E-state index in [2.05, 4.69) is 16.0 Å². The van der Waals surface area contributed by atoms with Crippen molar-refractivity contribution in [3.63, 3.8) is 0 Å². The summed E-state index contributed by atoms with van der Waals surface area (Å²) in [6, 6.07) is 10.1. The Kier molecular flexibility index (Phi) is 3.08. The summed E-state index contributed by atoms with van der Waals surface area (Å²) in [5.74, 6) is 0.999. The SMILES string of the molecule is OCc1cc(N2CC3CCC(O)C3C2)c2ccccc2n1. The molecule has 1 aromatic heterocycles. The van der Waals surface area contributed by atoms with Crippen LogP contribution in [-0.4, -0.2) is 34.4 Å². The minimum absolute atomic E-state index is 0.0405. The van der Waals surface area contributed by atoms with E-state index in [0.29, 0.717) is 17.5 Å². The van der Waals surface area contributed by atoms with Crippen molar-refractivity contribution in [3.05, 3.63) is 36.0 Å². The third-order valence-electron chi connectivity index (χ3n) is 5.07. The second-order valence-corrected chi connectivity index (χ2v) is 6.28. The van der Waals surface area contributed by atoms with E-state index < -0.39 is 0 Å². The predicted octanol–water partition coefficient (Wildman–Crippen LogP) is 1.93. The Bertz CT molecular complexity index is 673. The highest BCUT2D eigenvalue weighted by Crippen LogP contribution is 2.41. The number of para-hydroxylation sites is 1. The molecule has 0 bridgehead atoms. The summed E-state index contributed by atoms with van der Waals surface area (Å²) in [5, 5.41) is 20.7. The van der Waals surface area contributed by atoms with Gasteiger partial charge in [0.05, 0.1) is 23.9 Å². The lowest BCUT2D eigenvalue weighted by molar-refractivity contribution is 0.133. The molecule has 21 heavy (non-hydrogen) atoms. The summed E-state index contributed by atoms with van der Waals surface area (Å²) < 4.78 is 0. The number of anilines is 1. The fourth-order valence-electron chi connectivity index (χ4n) is 3.99. The van der Waals surface area contributed by atoms with E-state index in [0.717, 1.165) is 42.5 Å². The maximum absolute atomic E-state index is 10.1. The summed E-state index contributed by atoms with van der Waals surface area (Å²) in [6.07, 6.45) is 1.92. The van der Waals surface area contributed by atoms with Crippen LogP contribution >= 0.6 is 0 Å². The normalized spacial score (nSPS) is 28.3. The molecule has 2 N–H and O–H groups in total. The third kappa shape index (κ3) is 2.10. The molecular weight excluding hydrogens is 264 g/mol. The Morgan fingerprint density at radius 2 is 2.05 bits per heavy atom. The highest BCUT2D eigenvalue weighted by atomic mass is 16.3. The molecule has 0 amide bonds. The molecule has 1 aromatic carbocycles. The van der Waals surface area contributed by atoms with E-state index in [1.54, 1.807) is 0 Å². The van der Waals surface area contributed by atoms with Gasteiger partial charge in [-0.1, -0.05) is 18.2 Å². The summed E-state index contributed by atoms with van der Waals surface area (Å²) in [4.78, 5) is 6.85. The predicted molar refractivity (Wildman–Crippen MR) is 82.1 cm³/mol. The lowest BCUT2D eigenvalue weighted by atomic mass is 10.00. The zero-order chi connectivity index (χ0) is 14.4. The van der Waals surface area contributed by atoms with E-state index in [1.807, 2.05) is 24.3 Å². The van der Waals surface area contributed by atoms with Gasteiger partial charge < -0.3 is 15.1 Å². The van der Waals surface area contributed by atoms with Crippen molar-refractivity contribution in [2.45, 2.75) is 25.6 Å². The molecule has 1 aliphatic carbocycles. The van der Waals surface area contributed by atoms with Crippen molar-refractivity contribution < 1.29 is 10.2 Å². The highest BCUT2D eigenvalue weighted by molar-refractivity contribution is 5.92. The number of fused-ring (bicyclic) bond motifs is 2. The highest BCUT2D eigenvalue weighted by Gasteiger charge is 2.42. The number of nitrogens with zero attached hydrogens (tertiary/aromatic N) is 2. The first-order valence-electron chi connectivity index (χ1n) is 7.69. The molecule has 2 aromatic rings. The zero-order valence-electron chi connectivity index (χ0n) is 11.9. The number of benzene rings is 1. The molecule has 3 unspecified atom stereocenters. The van der Waals surface area contributed by atoms with E-state index in [1.165, 1.54) is 0 Å². The van der Waals surface area contributed by atoms with Crippen LogP contribution in [0.5, 0.6) is 0 Å². The molecule has 4 heteroatoms. The minimum Gasteiger partial charge on any atom is -0.393 e. The number of aliphatic hydroxyl groups is 2. The number of hydrogen-bond acceptors (Lipinski definition) is 4. The second kappa shape index (κ2) is 4.97. The molecule has 4 nitrogen and oxygen atoms in total. The van der Waals surface area contributed by atoms with Gasteiger partial charge in [0.15, 0.2) is 0 Å². The lowest BCUT2D eigenvalue weighted by Gasteiger charge is -2.23. The molecule has 2 aliphatic rings. The average molecular weight is 284 g/mol. The summed E-state index contributed by atoms with van der Waals surface area (Å²) in [7, 11) is 0. The third-order valence-corrected chi connectivity index (χ3v) is 5.07. The van der Waals surface area contributed by atoms with E-state index in [4.69, 9.17) is 0 Å². The zero-order valence-corrected chi connectivity index (χ0v) is 11.9. The Morgan fingerprint density at radius 1 is 1.19 bits per heavy atom. The first-order valence-corrected chi connectivity index (χ1v) is 7.69. The molecule has 3 atom stereocenters. The summed E-state index contributed by atoms with van der Waals surface area (Å²) >= 11 is 0. The number of aliphatic hydroxyl groups excluding tert-OH is 2. The van der Waals surface area contributed by atoms with Crippen molar-refractivity contribution in [2.75, 3.05) is 18.0 Å². The molecule has 0 radical (unpaired) electrons. The van der Waals surface area contributed by atoms with Gasteiger partial charge >= 0.3 is 0 Å². The van der Waals surface area contributed by atoms with E-state index in [-0.39, 0.29) is 12.7 Å². The smallest absolute Gasteiger partial charge is 0.0854 e. The molecule has 4 rings (SSSR count). The monoisotopic (exact) mass is 284 g/mol. The van der Waals surface area contributed by atoms with Crippen molar-refractivity contribution in [1.82, 2.24) is 4.98 Å². The largest absolute Gasteiger partial charge is 0.393 e. The van der Waals surface area contributed by atoms with E-state index >= 15 is 0 Å². The van der Waals surface area contributed by atoms with Crippen LogP contribution in [0.15, 0.2) is 30.3 Å². The Morgan fingerprint density at radius 3 is 2.86 bits per heavy atom. The van der Waals surface area contributed by atoms with Crippen LogP contribution < -0.4 is 4.90 Å². The van der Waals surface area contributed by atoms with Gasteiger partial charge in [-0.25, -0.2) is 0 Å². The summed E-state index contributed by atoms with van der Waals surface area (Å²) in [6.45, 7) is 1.87. The van der Waals surface area contributed by atoms with Gasteiger partial charge in [-0.3, -0.25) is 4.98 Å². The van der Waals surface area contributed by atoms with Gasteiger partial charge in [-0.2, -0.15) is 0 Å². The standard InChI is InChI=1S/C17H20N2O2/c20-10-12-7-16(13-3-1-2-4-15(13)18-12)19-8-11-5-6-17(21)14(11)9-19/h1-4,7,11,14,17,20-21H,5-6,8-10H2. The molecule has 1 aliphatic heterocycles. The maximum Gasteiger partial charge on any atom is 0.0854 e. The van der Waals surface area contributed by atoms with Crippen molar-refractivity contribution >= 4 is 16.6 Å². The first-order chi connectivity index (χ1) is 10.3. The van der Waals surface area contributed by atoms with Crippen LogP contribution in [0.4, 0.5) is 5.69 Å². The maximum atomic E-state index is 10.1. The number of rotatable bonds is 2. The Balaban J connectivity index is 1.76. The molecule has 110 valence electrons. The van der Waals surface area contributed by atoms with E-state index in [9.17, 15) is 10.2 Å². The quantitative estimate of drug-likeness (QED) is 0.885. The van der Waals surface area contributed by atoms with Crippen molar-refractivity contribution in [3.8, 4) is 0 Å². The molecule has 2 heterocycles. The second-order valence-electron chi connectivity index (χ2n) is 6.28. The topological polar surface area (TPSA) is 56.6 Å². The van der Waals surface area contributed by atoms with Crippen LogP contribution in [-0.2, 0) is 6.61 Å².